The number of guanidine groups is 1. The van der Waals surface area contributed by atoms with E-state index in [2.05, 4.69) is 20.9 Å². The molecule has 0 radical (unpaired) electrons. The minimum absolute atomic E-state index is 0.102. The van der Waals surface area contributed by atoms with Crippen LogP contribution in [0.3, 0.4) is 0 Å². The van der Waals surface area contributed by atoms with Crippen LogP contribution in [0.4, 0.5) is 0 Å². The first-order chi connectivity index (χ1) is 18.4. The lowest BCUT2D eigenvalue weighted by molar-refractivity contribution is -0.142. The summed E-state index contributed by atoms with van der Waals surface area (Å²) in [4.78, 5) is 65.6. The van der Waals surface area contributed by atoms with E-state index in [1.807, 2.05) is 0 Å². The second kappa shape index (κ2) is 20.5. The summed E-state index contributed by atoms with van der Waals surface area (Å²) in [6.07, 6.45) is 2.78. The average molecular weight is 559 g/mol. The molecule has 0 aliphatic carbocycles. The van der Waals surface area contributed by atoms with Crippen molar-refractivity contribution in [3.63, 3.8) is 0 Å². The minimum atomic E-state index is -1.29. The van der Waals surface area contributed by atoms with Gasteiger partial charge in [-0.25, -0.2) is 4.79 Å². The Morgan fingerprint density at radius 1 is 0.667 bits per heavy atom. The molecule has 4 unspecified atom stereocenters. The second-order valence-corrected chi connectivity index (χ2v) is 9.15. The van der Waals surface area contributed by atoms with Gasteiger partial charge in [-0.2, -0.15) is 0 Å². The molecule has 0 aromatic carbocycles. The van der Waals surface area contributed by atoms with Crippen LogP contribution in [0.25, 0.3) is 0 Å². The Morgan fingerprint density at radius 3 is 1.67 bits per heavy atom. The molecule has 0 heterocycles. The Hall–Kier alpha value is -3.50. The zero-order chi connectivity index (χ0) is 29.8. The smallest absolute Gasteiger partial charge is 0.326 e. The van der Waals surface area contributed by atoms with E-state index in [4.69, 9.17) is 34.4 Å². The fourth-order valence-corrected chi connectivity index (χ4v) is 3.54. The van der Waals surface area contributed by atoms with Crippen LogP contribution in [0.2, 0.25) is 0 Å². The molecular formula is C23H46N10O6. The monoisotopic (exact) mass is 558 g/mol. The molecule has 0 fully saturated rings. The minimum Gasteiger partial charge on any atom is -0.480 e. The number of rotatable bonds is 22. The van der Waals surface area contributed by atoms with Crippen molar-refractivity contribution in [2.24, 2.45) is 39.4 Å². The Balaban J connectivity index is 5.62. The van der Waals surface area contributed by atoms with Gasteiger partial charge in [0.15, 0.2) is 5.96 Å². The number of nitrogens with zero attached hydrogens (tertiary/aromatic N) is 1. The lowest BCUT2D eigenvalue weighted by Crippen LogP contribution is -2.57. The number of carboxylic acid groups (broad SMARTS) is 1. The normalized spacial score (nSPS) is 13.8. The first-order valence-electron chi connectivity index (χ1n) is 13.1. The van der Waals surface area contributed by atoms with Crippen LogP contribution in [0, 0.1) is 0 Å². The molecule has 0 spiro atoms. The number of aliphatic carboxylic acids is 1. The lowest BCUT2D eigenvalue weighted by Gasteiger charge is -2.25. The fourth-order valence-electron chi connectivity index (χ4n) is 3.54. The maximum absolute atomic E-state index is 13.2. The molecule has 39 heavy (non-hydrogen) atoms. The molecular weight excluding hydrogens is 512 g/mol. The Bertz CT molecular complexity index is 821. The highest BCUT2D eigenvalue weighted by atomic mass is 16.4. The topological polar surface area (TPSA) is 310 Å². The van der Waals surface area contributed by atoms with Gasteiger partial charge in [0, 0.05) is 13.0 Å². The summed E-state index contributed by atoms with van der Waals surface area (Å²) in [5, 5.41) is 17.0. The quantitative estimate of drug-likeness (QED) is 0.0352. The first-order valence-corrected chi connectivity index (χ1v) is 13.1. The average Bonchev–Trinajstić information content (AvgIpc) is 2.86. The van der Waals surface area contributed by atoms with Gasteiger partial charge in [-0.15, -0.1) is 0 Å². The maximum atomic E-state index is 13.2. The number of amides is 4. The van der Waals surface area contributed by atoms with E-state index in [1.54, 1.807) is 0 Å². The third-order valence-corrected chi connectivity index (χ3v) is 5.76. The summed E-state index contributed by atoms with van der Waals surface area (Å²) in [7, 11) is 0. The van der Waals surface area contributed by atoms with Gasteiger partial charge in [-0.3, -0.25) is 24.2 Å². The molecule has 0 aliphatic heterocycles. The van der Waals surface area contributed by atoms with Gasteiger partial charge in [0.05, 0.1) is 6.04 Å². The molecule has 16 heteroatoms. The van der Waals surface area contributed by atoms with Crippen molar-refractivity contribution in [3.8, 4) is 0 Å². The van der Waals surface area contributed by atoms with Gasteiger partial charge in [-0.05, 0) is 64.5 Å². The summed E-state index contributed by atoms with van der Waals surface area (Å²) >= 11 is 0. The maximum Gasteiger partial charge on any atom is 0.326 e. The summed E-state index contributed by atoms with van der Waals surface area (Å²) in [6.45, 7) is 0.998. The molecule has 0 rings (SSSR count). The molecule has 0 aromatic heterocycles. The molecule has 4 atom stereocenters. The zero-order valence-corrected chi connectivity index (χ0v) is 22.4. The van der Waals surface area contributed by atoms with Crippen molar-refractivity contribution >= 4 is 35.6 Å². The summed E-state index contributed by atoms with van der Waals surface area (Å²) in [5.74, 6) is -4.22. The van der Waals surface area contributed by atoms with Crippen molar-refractivity contribution < 1.29 is 29.1 Å². The highest BCUT2D eigenvalue weighted by Crippen LogP contribution is 2.07. The molecule has 0 aliphatic rings. The SMILES string of the molecule is NCCCCC(N)C(=O)NC(CCCN=C(N)N)C(=O)NC(CCC(N)=O)C(=O)NC(CCCCN)C(=O)O. The van der Waals surface area contributed by atoms with Crippen molar-refractivity contribution in [2.75, 3.05) is 19.6 Å². The highest BCUT2D eigenvalue weighted by Gasteiger charge is 2.30. The summed E-state index contributed by atoms with van der Waals surface area (Å²) in [6, 6.07) is -4.52. The standard InChI is InChI=1S/C23H46N10O6/c24-11-3-1-6-14(26)19(35)31-15(8-5-13-30-23(28)29)20(36)32-16(9-10-18(27)34)21(37)33-17(22(38)39)7-2-4-12-25/h14-17H,1-13,24-26H2,(H2,27,34)(H,31,35)(H,32,36)(H,33,37)(H,38,39)(H4,28,29,30). The number of primary amides is 1. The molecule has 0 saturated carbocycles. The van der Waals surface area contributed by atoms with Gasteiger partial charge in [0.1, 0.15) is 18.1 Å². The second-order valence-electron chi connectivity index (χ2n) is 9.15. The number of aliphatic imine (C=N–C) groups is 1. The van der Waals surface area contributed by atoms with Gasteiger partial charge in [0.2, 0.25) is 23.6 Å². The van der Waals surface area contributed by atoms with Crippen molar-refractivity contribution in [2.45, 2.75) is 88.4 Å². The number of carboxylic acids is 1. The van der Waals surface area contributed by atoms with E-state index in [0.717, 1.165) is 0 Å². The number of hydrogen-bond acceptors (Lipinski definition) is 9. The van der Waals surface area contributed by atoms with Crippen molar-refractivity contribution in [1.82, 2.24) is 16.0 Å². The number of carbonyl (C=O) groups is 5. The van der Waals surface area contributed by atoms with E-state index >= 15 is 0 Å². The number of nitrogens with one attached hydrogen (secondary N) is 3. The van der Waals surface area contributed by atoms with E-state index in [9.17, 15) is 29.1 Å². The molecule has 0 saturated heterocycles. The molecule has 0 bridgehead atoms. The Morgan fingerprint density at radius 2 is 1.15 bits per heavy atom. The molecule has 4 amide bonds. The first kappa shape index (κ1) is 35.5. The highest BCUT2D eigenvalue weighted by molar-refractivity contribution is 5.94. The Labute approximate surface area is 228 Å². The predicted molar refractivity (Wildman–Crippen MR) is 146 cm³/mol. The van der Waals surface area contributed by atoms with Crippen molar-refractivity contribution in [3.05, 3.63) is 0 Å². The third-order valence-electron chi connectivity index (χ3n) is 5.76. The van der Waals surface area contributed by atoms with E-state index in [-0.39, 0.29) is 38.2 Å². The van der Waals surface area contributed by atoms with Crippen LogP contribution in [-0.2, 0) is 24.0 Å². The predicted octanol–water partition coefficient (Wildman–Crippen LogP) is -3.57. The van der Waals surface area contributed by atoms with Crippen LogP contribution in [0.15, 0.2) is 4.99 Å². The van der Waals surface area contributed by atoms with Crippen LogP contribution in [0.5, 0.6) is 0 Å². The zero-order valence-electron chi connectivity index (χ0n) is 22.4. The number of carbonyl (C=O) groups excluding carboxylic acids is 4. The van der Waals surface area contributed by atoms with Crippen LogP contribution < -0.4 is 50.4 Å². The van der Waals surface area contributed by atoms with E-state index < -0.39 is 53.8 Å². The van der Waals surface area contributed by atoms with Crippen LogP contribution in [-0.4, -0.2) is 84.5 Å². The van der Waals surface area contributed by atoms with Gasteiger partial charge in [0.25, 0.3) is 0 Å². The third kappa shape index (κ3) is 16.9. The van der Waals surface area contributed by atoms with E-state index in [1.165, 1.54) is 0 Å². The van der Waals surface area contributed by atoms with Crippen LogP contribution in [0.1, 0.15) is 64.2 Å². The number of hydrogen-bond donors (Lipinski definition) is 10. The molecule has 0 aromatic rings. The fraction of sp³-hybridized carbons (Fsp3) is 0.739. The summed E-state index contributed by atoms with van der Waals surface area (Å²) in [5.41, 5.74) is 32.7. The van der Waals surface area contributed by atoms with Gasteiger partial charge in [-0.1, -0.05) is 6.42 Å². The van der Waals surface area contributed by atoms with Crippen molar-refractivity contribution in [1.29, 1.82) is 0 Å². The van der Waals surface area contributed by atoms with Gasteiger partial charge >= 0.3 is 5.97 Å². The Kier molecular flexibility index (Phi) is 18.6. The largest absolute Gasteiger partial charge is 0.480 e. The van der Waals surface area contributed by atoms with Crippen LogP contribution >= 0.6 is 0 Å². The molecule has 224 valence electrons. The summed E-state index contributed by atoms with van der Waals surface area (Å²) < 4.78 is 0. The number of unbranched alkanes of at least 4 members (excludes halogenated alkanes) is 2. The van der Waals surface area contributed by atoms with E-state index in [0.29, 0.717) is 51.6 Å². The van der Waals surface area contributed by atoms with Gasteiger partial charge < -0.3 is 55.5 Å². The molecule has 16 nitrogen and oxygen atoms in total. The molecule has 16 N–H and O–H groups in total. The number of nitrogens with two attached hydrogens (primary N) is 6. The lowest BCUT2D eigenvalue weighted by atomic mass is 10.0.